The van der Waals surface area contributed by atoms with Gasteiger partial charge < -0.3 is 14.7 Å². The van der Waals surface area contributed by atoms with Crippen molar-refractivity contribution in [2.45, 2.75) is 24.5 Å². The van der Waals surface area contributed by atoms with Gasteiger partial charge in [-0.15, -0.1) is 11.6 Å². The van der Waals surface area contributed by atoms with Crippen LogP contribution in [0.25, 0.3) is 0 Å². The SMILES string of the molecule is O=C(OCc1ccccc1)N1CCC(Cl)C(O)C1. The molecule has 2 unspecified atom stereocenters. The minimum Gasteiger partial charge on any atom is -0.445 e. The smallest absolute Gasteiger partial charge is 0.410 e. The van der Waals surface area contributed by atoms with Gasteiger partial charge in [-0.3, -0.25) is 0 Å². The molecule has 0 spiro atoms. The van der Waals surface area contributed by atoms with Gasteiger partial charge in [0, 0.05) is 6.54 Å². The van der Waals surface area contributed by atoms with Crippen LogP contribution in [0.5, 0.6) is 0 Å². The molecule has 1 amide bonds. The molecule has 4 nitrogen and oxygen atoms in total. The highest BCUT2D eigenvalue weighted by atomic mass is 35.5. The standard InChI is InChI=1S/C13H16ClNO3/c14-11-6-7-15(8-12(11)16)13(17)18-9-10-4-2-1-3-5-10/h1-5,11-12,16H,6-9H2. The van der Waals surface area contributed by atoms with Gasteiger partial charge in [-0.1, -0.05) is 30.3 Å². The number of hydrogen-bond donors (Lipinski definition) is 1. The molecule has 1 saturated heterocycles. The number of aliphatic hydroxyl groups excluding tert-OH is 1. The Balaban J connectivity index is 1.82. The van der Waals surface area contributed by atoms with Gasteiger partial charge in [-0.2, -0.15) is 0 Å². The molecule has 98 valence electrons. The monoisotopic (exact) mass is 269 g/mol. The highest BCUT2D eigenvalue weighted by molar-refractivity contribution is 6.21. The molecular formula is C13H16ClNO3. The Morgan fingerprint density at radius 1 is 1.44 bits per heavy atom. The van der Waals surface area contributed by atoms with Gasteiger partial charge in [0.15, 0.2) is 0 Å². The van der Waals surface area contributed by atoms with Crippen LogP contribution in [0.1, 0.15) is 12.0 Å². The number of amides is 1. The van der Waals surface area contributed by atoms with Gasteiger partial charge in [0.25, 0.3) is 0 Å². The van der Waals surface area contributed by atoms with E-state index in [1.165, 1.54) is 4.90 Å². The van der Waals surface area contributed by atoms with Crippen LogP contribution in [0.3, 0.4) is 0 Å². The highest BCUT2D eigenvalue weighted by Crippen LogP contribution is 2.17. The summed E-state index contributed by atoms with van der Waals surface area (Å²) in [6.07, 6.45) is -0.491. The first-order chi connectivity index (χ1) is 8.66. The van der Waals surface area contributed by atoms with Gasteiger partial charge in [-0.05, 0) is 12.0 Å². The number of carbonyl (C=O) groups is 1. The number of aliphatic hydroxyl groups is 1. The van der Waals surface area contributed by atoms with E-state index in [9.17, 15) is 9.90 Å². The van der Waals surface area contributed by atoms with E-state index in [0.29, 0.717) is 13.0 Å². The van der Waals surface area contributed by atoms with Gasteiger partial charge in [0.2, 0.25) is 0 Å². The predicted molar refractivity (Wildman–Crippen MR) is 68.5 cm³/mol. The summed E-state index contributed by atoms with van der Waals surface area (Å²) in [5.41, 5.74) is 0.943. The summed E-state index contributed by atoms with van der Waals surface area (Å²) in [5, 5.41) is 9.33. The van der Waals surface area contributed by atoms with Crippen LogP contribution in [0.2, 0.25) is 0 Å². The Hall–Kier alpha value is -1.26. The van der Waals surface area contributed by atoms with Crippen LogP contribution in [0.15, 0.2) is 30.3 Å². The Bertz CT molecular complexity index is 398. The van der Waals surface area contributed by atoms with Crippen molar-refractivity contribution in [3.63, 3.8) is 0 Å². The Morgan fingerprint density at radius 3 is 2.83 bits per heavy atom. The maximum absolute atomic E-state index is 11.8. The fraction of sp³-hybridized carbons (Fsp3) is 0.462. The number of β-amino-alcohol motifs (C(OH)–C–C–N with tert-alkyl or cyclic N) is 1. The van der Waals surface area contributed by atoms with Crippen molar-refractivity contribution < 1.29 is 14.6 Å². The normalized spacial score (nSPS) is 23.8. The summed E-state index contributed by atoms with van der Waals surface area (Å²) in [6, 6.07) is 9.49. The fourth-order valence-electron chi connectivity index (χ4n) is 1.88. The molecule has 1 N–H and O–H groups in total. The predicted octanol–water partition coefficient (Wildman–Crippen LogP) is 2.00. The first kappa shape index (κ1) is 13.2. The van der Waals surface area contributed by atoms with E-state index in [4.69, 9.17) is 16.3 Å². The Kier molecular flexibility index (Phi) is 4.44. The van der Waals surface area contributed by atoms with E-state index in [1.807, 2.05) is 30.3 Å². The molecule has 0 aliphatic carbocycles. The molecule has 0 bridgehead atoms. The summed E-state index contributed by atoms with van der Waals surface area (Å²) >= 11 is 5.88. The van der Waals surface area contributed by atoms with Crippen molar-refractivity contribution in [2.24, 2.45) is 0 Å². The summed E-state index contributed by atoms with van der Waals surface area (Å²) < 4.78 is 5.18. The lowest BCUT2D eigenvalue weighted by Crippen LogP contribution is -2.47. The van der Waals surface area contributed by atoms with E-state index < -0.39 is 12.2 Å². The second-order valence-electron chi connectivity index (χ2n) is 4.36. The van der Waals surface area contributed by atoms with Crippen LogP contribution < -0.4 is 0 Å². The zero-order valence-corrected chi connectivity index (χ0v) is 10.7. The zero-order chi connectivity index (χ0) is 13.0. The van der Waals surface area contributed by atoms with Crippen molar-refractivity contribution in [3.05, 3.63) is 35.9 Å². The first-order valence-corrected chi connectivity index (χ1v) is 6.38. The average molecular weight is 270 g/mol. The number of rotatable bonds is 2. The van der Waals surface area contributed by atoms with E-state index in [1.54, 1.807) is 0 Å². The van der Waals surface area contributed by atoms with Crippen molar-refractivity contribution in [2.75, 3.05) is 13.1 Å². The number of halogens is 1. The van der Waals surface area contributed by atoms with Crippen LogP contribution >= 0.6 is 11.6 Å². The third-order valence-electron chi connectivity index (χ3n) is 2.96. The van der Waals surface area contributed by atoms with E-state index in [0.717, 1.165) is 5.56 Å². The number of hydrogen-bond acceptors (Lipinski definition) is 3. The van der Waals surface area contributed by atoms with Crippen LogP contribution in [0, 0.1) is 0 Å². The lowest BCUT2D eigenvalue weighted by atomic mass is 10.1. The Morgan fingerprint density at radius 2 is 2.17 bits per heavy atom. The van der Waals surface area contributed by atoms with E-state index in [-0.39, 0.29) is 18.5 Å². The number of ether oxygens (including phenoxy) is 1. The van der Waals surface area contributed by atoms with Crippen molar-refractivity contribution in [1.29, 1.82) is 0 Å². The number of piperidine rings is 1. The summed E-state index contributed by atoms with van der Waals surface area (Å²) in [7, 11) is 0. The van der Waals surface area contributed by atoms with Crippen molar-refractivity contribution >= 4 is 17.7 Å². The van der Waals surface area contributed by atoms with Crippen molar-refractivity contribution in [3.8, 4) is 0 Å². The molecular weight excluding hydrogens is 254 g/mol. The molecule has 1 aromatic rings. The first-order valence-electron chi connectivity index (χ1n) is 5.94. The maximum Gasteiger partial charge on any atom is 0.410 e. The third kappa shape index (κ3) is 3.37. The molecule has 1 heterocycles. The van der Waals surface area contributed by atoms with E-state index >= 15 is 0 Å². The molecule has 0 radical (unpaired) electrons. The molecule has 1 aromatic carbocycles. The van der Waals surface area contributed by atoms with Gasteiger partial charge in [-0.25, -0.2) is 4.79 Å². The molecule has 1 fully saturated rings. The lowest BCUT2D eigenvalue weighted by molar-refractivity contribution is 0.0482. The number of likely N-dealkylation sites (tertiary alicyclic amines) is 1. The highest BCUT2D eigenvalue weighted by Gasteiger charge is 2.29. The summed E-state index contributed by atoms with van der Waals surface area (Å²) in [5.74, 6) is 0. The number of benzene rings is 1. The minimum absolute atomic E-state index is 0.238. The minimum atomic E-state index is -0.676. The Labute approximate surface area is 111 Å². The average Bonchev–Trinajstić information content (AvgIpc) is 2.40. The topological polar surface area (TPSA) is 49.8 Å². The molecule has 0 aromatic heterocycles. The van der Waals surface area contributed by atoms with Gasteiger partial charge in [0.1, 0.15) is 6.61 Å². The van der Waals surface area contributed by atoms with Crippen LogP contribution in [-0.4, -0.2) is 40.7 Å². The molecule has 1 aliphatic heterocycles. The quantitative estimate of drug-likeness (QED) is 0.836. The van der Waals surface area contributed by atoms with Crippen molar-refractivity contribution in [1.82, 2.24) is 4.90 Å². The fourth-order valence-corrected chi connectivity index (χ4v) is 2.06. The van der Waals surface area contributed by atoms with Gasteiger partial charge >= 0.3 is 6.09 Å². The zero-order valence-electron chi connectivity index (χ0n) is 9.96. The summed E-state index contributed by atoms with van der Waals surface area (Å²) in [4.78, 5) is 13.3. The second-order valence-corrected chi connectivity index (χ2v) is 4.92. The molecule has 2 rings (SSSR count). The second kappa shape index (κ2) is 6.07. The number of alkyl halides is 1. The van der Waals surface area contributed by atoms with E-state index in [2.05, 4.69) is 0 Å². The molecule has 2 atom stereocenters. The largest absolute Gasteiger partial charge is 0.445 e. The number of nitrogens with zero attached hydrogens (tertiary/aromatic N) is 1. The van der Waals surface area contributed by atoms with Crippen LogP contribution in [0.4, 0.5) is 4.79 Å². The third-order valence-corrected chi connectivity index (χ3v) is 3.47. The molecule has 0 saturated carbocycles. The number of carbonyl (C=O) groups excluding carboxylic acids is 1. The lowest BCUT2D eigenvalue weighted by Gasteiger charge is -2.32. The van der Waals surface area contributed by atoms with Gasteiger partial charge in [0.05, 0.1) is 18.0 Å². The summed E-state index contributed by atoms with van der Waals surface area (Å²) in [6.45, 7) is 1.01. The molecule has 18 heavy (non-hydrogen) atoms. The maximum atomic E-state index is 11.8. The molecule has 5 heteroatoms. The van der Waals surface area contributed by atoms with Crippen LogP contribution in [-0.2, 0) is 11.3 Å². The molecule has 1 aliphatic rings.